The fourth-order valence-electron chi connectivity index (χ4n) is 6.52. The number of carbonyl (C=O) groups excluding carboxylic acids is 3. The van der Waals surface area contributed by atoms with Crippen LogP contribution >= 0.6 is 0 Å². The second kappa shape index (κ2) is 10.4. The number of amides is 1. The molecule has 0 aliphatic heterocycles. The van der Waals surface area contributed by atoms with Crippen LogP contribution in [0.3, 0.4) is 0 Å². The number of aliphatic hydroxyl groups is 4. The molecule has 11 heteroatoms. The number of hydrogen-bond acceptors (Lipinski definition) is 10. The van der Waals surface area contributed by atoms with Gasteiger partial charge in [0.25, 0.3) is 5.91 Å². The summed E-state index contributed by atoms with van der Waals surface area (Å²) in [5, 5.41) is 59.9. The lowest BCUT2D eigenvalue weighted by atomic mass is 9.56. The fourth-order valence-corrected chi connectivity index (χ4v) is 6.52. The van der Waals surface area contributed by atoms with Crippen molar-refractivity contribution in [3.8, 4) is 5.75 Å². The van der Waals surface area contributed by atoms with Gasteiger partial charge in [-0.2, -0.15) is 0 Å². The Morgan fingerprint density at radius 1 is 1.10 bits per heavy atom. The summed E-state index contributed by atoms with van der Waals surface area (Å²) in [6.45, 7) is 0.882. The molecule has 2 aromatic carbocycles. The van der Waals surface area contributed by atoms with Crippen LogP contribution in [-0.4, -0.2) is 86.3 Å². The molecular weight excluding hydrogens is 530 g/mol. The third-order valence-corrected chi connectivity index (χ3v) is 8.51. The lowest BCUT2D eigenvalue weighted by Crippen LogP contribution is -2.70. The predicted molar refractivity (Wildman–Crippen MR) is 147 cm³/mol. The van der Waals surface area contributed by atoms with Gasteiger partial charge in [-0.25, -0.2) is 0 Å². The molecule has 11 nitrogen and oxygen atoms in total. The third-order valence-electron chi connectivity index (χ3n) is 8.51. The number of phenols is 1. The van der Waals surface area contributed by atoms with Crippen molar-refractivity contribution in [3.63, 3.8) is 0 Å². The van der Waals surface area contributed by atoms with Crippen LogP contribution in [0.15, 0.2) is 59.4 Å². The van der Waals surface area contributed by atoms with E-state index in [0.717, 1.165) is 12.0 Å². The SMILES string of the molecule is CN(C)[C@@H]1C(=O)C(C(N)=O)=C(O)[C@@]2(O)C(=O)C3=C(O)c4c(ccc(CNCCc5ccccc5)c4O)C[C@H]3[C@H](O)[C@@H]12. The lowest BCUT2D eigenvalue weighted by molar-refractivity contribution is -0.168. The van der Waals surface area contributed by atoms with Gasteiger partial charge in [0.1, 0.15) is 22.8 Å². The highest BCUT2D eigenvalue weighted by molar-refractivity contribution is 6.24. The minimum atomic E-state index is -2.92. The molecule has 8 N–H and O–H groups in total. The maximum Gasteiger partial charge on any atom is 0.255 e. The Morgan fingerprint density at radius 2 is 1.78 bits per heavy atom. The maximum atomic E-state index is 13.9. The Hall–Kier alpha value is -4.03. The molecule has 0 bridgehead atoms. The topological polar surface area (TPSA) is 194 Å². The molecule has 0 spiro atoms. The molecule has 3 aliphatic rings. The maximum absolute atomic E-state index is 13.9. The summed E-state index contributed by atoms with van der Waals surface area (Å²) in [5.41, 5.74) is 3.11. The van der Waals surface area contributed by atoms with E-state index in [2.05, 4.69) is 5.32 Å². The number of nitrogens with zero attached hydrogens (tertiary/aromatic N) is 1. The van der Waals surface area contributed by atoms with Crippen molar-refractivity contribution in [2.24, 2.45) is 17.6 Å². The molecule has 0 heterocycles. The van der Waals surface area contributed by atoms with E-state index in [-0.39, 0.29) is 24.3 Å². The molecule has 3 aliphatic carbocycles. The quantitative estimate of drug-likeness (QED) is 0.182. The molecule has 2 aromatic rings. The molecule has 1 amide bonds. The van der Waals surface area contributed by atoms with Crippen molar-refractivity contribution < 1.29 is 39.9 Å². The van der Waals surface area contributed by atoms with E-state index in [1.807, 2.05) is 30.3 Å². The van der Waals surface area contributed by atoms with E-state index < -0.39 is 69.7 Å². The van der Waals surface area contributed by atoms with Gasteiger partial charge in [0, 0.05) is 23.6 Å². The van der Waals surface area contributed by atoms with E-state index in [9.17, 15) is 39.9 Å². The Balaban J connectivity index is 1.53. The third kappa shape index (κ3) is 4.32. The first kappa shape index (κ1) is 28.5. The van der Waals surface area contributed by atoms with Crippen LogP contribution in [-0.2, 0) is 33.8 Å². The zero-order valence-corrected chi connectivity index (χ0v) is 22.7. The van der Waals surface area contributed by atoms with Gasteiger partial charge >= 0.3 is 0 Å². The van der Waals surface area contributed by atoms with E-state index in [0.29, 0.717) is 17.7 Å². The Morgan fingerprint density at radius 3 is 2.41 bits per heavy atom. The van der Waals surface area contributed by atoms with Gasteiger partial charge in [0.2, 0.25) is 5.78 Å². The van der Waals surface area contributed by atoms with Crippen LogP contribution in [0.5, 0.6) is 5.75 Å². The van der Waals surface area contributed by atoms with Crippen LogP contribution in [0.1, 0.15) is 22.3 Å². The summed E-state index contributed by atoms with van der Waals surface area (Å²) in [7, 11) is 2.93. The molecule has 41 heavy (non-hydrogen) atoms. The molecular formula is C30H33N3O8. The Labute approximate surface area is 236 Å². The number of aromatic hydroxyl groups is 1. The molecule has 216 valence electrons. The summed E-state index contributed by atoms with van der Waals surface area (Å²) >= 11 is 0. The van der Waals surface area contributed by atoms with Crippen molar-refractivity contribution >= 4 is 23.2 Å². The van der Waals surface area contributed by atoms with Crippen molar-refractivity contribution in [2.75, 3.05) is 20.6 Å². The molecule has 5 atom stereocenters. The highest BCUT2D eigenvalue weighted by atomic mass is 16.4. The summed E-state index contributed by atoms with van der Waals surface area (Å²) in [6, 6.07) is 11.9. The normalized spacial score (nSPS) is 27.5. The van der Waals surface area contributed by atoms with Crippen molar-refractivity contribution in [1.29, 1.82) is 0 Å². The number of Topliss-reactive ketones (excluding diaryl/α,β-unsaturated/α-hetero) is 2. The molecule has 0 saturated heterocycles. The second-order valence-corrected chi connectivity index (χ2v) is 11.1. The van der Waals surface area contributed by atoms with E-state index in [4.69, 9.17) is 5.73 Å². The number of rotatable bonds is 7. The van der Waals surface area contributed by atoms with Gasteiger partial charge in [0.15, 0.2) is 11.4 Å². The molecule has 5 rings (SSSR count). The first-order valence-corrected chi connectivity index (χ1v) is 13.3. The molecule has 0 radical (unpaired) electrons. The van der Waals surface area contributed by atoms with E-state index in [1.165, 1.54) is 19.0 Å². The van der Waals surface area contributed by atoms with Gasteiger partial charge < -0.3 is 36.6 Å². The molecule has 0 aromatic heterocycles. The van der Waals surface area contributed by atoms with Crippen LogP contribution < -0.4 is 11.1 Å². The standard InChI is InChI=1S/C30H33N3O8/c1-33(2)22-21-24(35)17-12-15-8-9-16(13-32-11-10-14-6-4-3-5-7-14)23(34)18(15)25(36)19(17)27(38)30(21,41)28(39)20(26(22)37)29(31)40/h3-9,17,21-22,24,32,34-36,39,41H,10-13H2,1-2H3,(H2,31,40)/t17-,21-,22+,24+,30+/m1/s1. The Bertz CT molecular complexity index is 1500. The number of ketones is 2. The zero-order valence-electron chi connectivity index (χ0n) is 22.7. The summed E-state index contributed by atoms with van der Waals surface area (Å²) in [6.07, 6.45) is -0.834. The number of carbonyl (C=O) groups is 3. The zero-order chi connectivity index (χ0) is 29.8. The number of benzene rings is 2. The van der Waals surface area contributed by atoms with Crippen molar-refractivity contribution in [3.05, 3.63) is 81.6 Å². The minimum absolute atomic E-state index is 0.00494. The number of primary amides is 1. The van der Waals surface area contributed by atoms with Gasteiger partial charge in [-0.05, 0) is 44.6 Å². The molecule has 1 saturated carbocycles. The average Bonchev–Trinajstić information content (AvgIpc) is 2.92. The number of fused-ring (bicyclic) bond motifs is 3. The lowest BCUT2D eigenvalue weighted by Gasteiger charge is -2.52. The minimum Gasteiger partial charge on any atom is -0.508 e. The van der Waals surface area contributed by atoms with Crippen LogP contribution in [0, 0.1) is 11.8 Å². The highest BCUT2D eigenvalue weighted by Gasteiger charge is 2.67. The molecule has 1 fully saturated rings. The first-order valence-electron chi connectivity index (χ1n) is 13.3. The molecule has 0 unspecified atom stereocenters. The number of nitrogens with one attached hydrogen (secondary N) is 1. The van der Waals surface area contributed by atoms with Gasteiger partial charge in [-0.3, -0.25) is 19.3 Å². The van der Waals surface area contributed by atoms with Crippen molar-refractivity contribution in [2.45, 2.75) is 37.1 Å². The highest BCUT2D eigenvalue weighted by Crippen LogP contribution is 2.52. The fraction of sp³-hybridized carbons (Fsp3) is 0.367. The summed E-state index contributed by atoms with van der Waals surface area (Å²) in [4.78, 5) is 40.5. The number of hydrogen-bond donors (Lipinski definition) is 7. The van der Waals surface area contributed by atoms with Crippen molar-refractivity contribution in [1.82, 2.24) is 10.2 Å². The predicted octanol–water partition coefficient (Wildman–Crippen LogP) is 0.267. The average molecular weight is 564 g/mol. The first-order chi connectivity index (χ1) is 19.4. The number of likely N-dealkylation sites (N-methyl/N-ethyl adjacent to an activating group) is 1. The van der Waals surface area contributed by atoms with Gasteiger partial charge in [-0.15, -0.1) is 0 Å². The van der Waals surface area contributed by atoms with Crippen LogP contribution in [0.4, 0.5) is 0 Å². The van der Waals surface area contributed by atoms with E-state index >= 15 is 0 Å². The monoisotopic (exact) mass is 563 g/mol. The summed E-state index contributed by atoms with van der Waals surface area (Å²) in [5.74, 6) is -8.26. The smallest absolute Gasteiger partial charge is 0.255 e. The van der Waals surface area contributed by atoms with Gasteiger partial charge in [-0.1, -0.05) is 42.5 Å². The van der Waals surface area contributed by atoms with E-state index in [1.54, 1.807) is 12.1 Å². The number of phenolic OH excluding ortho intramolecular Hbond substituents is 1. The number of nitrogens with two attached hydrogens (primary N) is 1. The van der Waals surface area contributed by atoms with Crippen LogP contribution in [0.2, 0.25) is 0 Å². The van der Waals surface area contributed by atoms with Gasteiger partial charge in [0.05, 0.1) is 23.6 Å². The summed E-state index contributed by atoms with van der Waals surface area (Å²) < 4.78 is 0. The van der Waals surface area contributed by atoms with Crippen LogP contribution in [0.25, 0.3) is 5.76 Å². The second-order valence-electron chi connectivity index (χ2n) is 11.1. The largest absolute Gasteiger partial charge is 0.508 e. The Kier molecular flexibility index (Phi) is 7.24. The number of aliphatic hydroxyl groups excluding tert-OH is 3.